The van der Waals surface area contributed by atoms with Crippen molar-refractivity contribution in [1.82, 2.24) is 10.6 Å². The maximum Gasteiger partial charge on any atom is 0.438 e. The van der Waals surface area contributed by atoms with Gasteiger partial charge in [0.25, 0.3) is 0 Å². The van der Waals surface area contributed by atoms with Crippen molar-refractivity contribution >= 4 is 19.9 Å². The molecule has 8 nitrogen and oxygen atoms in total. The number of rotatable bonds is 14. The summed E-state index contributed by atoms with van der Waals surface area (Å²) in [5.41, 5.74) is 1.87. The summed E-state index contributed by atoms with van der Waals surface area (Å²) in [5.74, 6) is 0. The average Bonchev–Trinajstić information content (AvgIpc) is 2.85. The summed E-state index contributed by atoms with van der Waals surface area (Å²) >= 11 is 0. The highest BCUT2D eigenvalue weighted by Gasteiger charge is 2.01. The number of hydrogen-bond donors (Lipinski definition) is 2. The van der Waals surface area contributed by atoms with Gasteiger partial charge >= 0.3 is 19.9 Å². The third-order valence-electron chi connectivity index (χ3n) is 4.08. The van der Waals surface area contributed by atoms with Crippen LogP contribution in [0, 0.1) is 0 Å². The fourth-order valence-corrected chi connectivity index (χ4v) is 2.43. The molecular weight excluding hydrogens is 423 g/mol. The summed E-state index contributed by atoms with van der Waals surface area (Å²) < 4.78 is 20.8. The summed E-state index contributed by atoms with van der Waals surface area (Å²) in [5, 5.41) is 5.25. The quantitative estimate of drug-likeness (QED) is 0.260. The van der Waals surface area contributed by atoms with E-state index < -0.39 is 12.2 Å². The maximum atomic E-state index is 11.6. The molecule has 2 aromatic carbocycles. The molecule has 0 aliphatic carbocycles. The second-order valence-corrected chi connectivity index (χ2v) is 6.69. The van der Waals surface area contributed by atoms with Gasteiger partial charge in [0.1, 0.15) is 13.2 Å². The molecule has 0 radical (unpaired) electrons. The Hall–Kier alpha value is -3.56. The standard InChI is InChI=1S/C24H29BN2O6/c28-23(30-19-21-11-3-1-4-12-21)26-15-7-9-17-32-25-33-18-10-8-16-27-24(29)31-20-22-13-5-2-6-14-22/h1-14,25H,15-20H2,(H,26,28)(H,27,29)/b9-7+,10-8+. The number of alkyl carbamates (subject to hydrolysis) is 2. The minimum absolute atomic E-state index is 0.133. The highest BCUT2D eigenvalue weighted by molar-refractivity contribution is 6.18. The van der Waals surface area contributed by atoms with Crippen molar-refractivity contribution in [2.75, 3.05) is 26.3 Å². The Balaban J connectivity index is 1.36. The van der Waals surface area contributed by atoms with Crippen LogP contribution in [0.1, 0.15) is 11.1 Å². The van der Waals surface area contributed by atoms with Crippen LogP contribution in [0.2, 0.25) is 0 Å². The first-order chi connectivity index (χ1) is 16.2. The Bertz CT molecular complexity index is 790. The van der Waals surface area contributed by atoms with Crippen LogP contribution in [0.15, 0.2) is 85.0 Å². The van der Waals surface area contributed by atoms with Gasteiger partial charge in [0.05, 0.1) is 0 Å². The number of amides is 2. The second kappa shape index (κ2) is 17.1. The van der Waals surface area contributed by atoms with Crippen molar-refractivity contribution in [3.05, 3.63) is 96.1 Å². The molecule has 0 aliphatic heterocycles. The van der Waals surface area contributed by atoms with Crippen LogP contribution in [0.25, 0.3) is 0 Å². The molecule has 0 spiro atoms. The van der Waals surface area contributed by atoms with Crippen molar-refractivity contribution < 1.29 is 28.4 Å². The third-order valence-corrected chi connectivity index (χ3v) is 4.08. The molecule has 0 saturated carbocycles. The van der Waals surface area contributed by atoms with Crippen LogP contribution >= 0.6 is 0 Å². The second-order valence-electron chi connectivity index (χ2n) is 6.69. The highest BCUT2D eigenvalue weighted by Crippen LogP contribution is 2.01. The number of hydrogen-bond acceptors (Lipinski definition) is 6. The van der Waals surface area contributed by atoms with Crippen LogP contribution in [0.3, 0.4) is 0 Å². The highest BCUT2D eigenvalue weighted by atomic mass is 16.6. The predicted octanol–water partition coefficient (Wildman–Crippen LogP) is 3.25. The number of benzene rings is 2. The molecule has 33 heavy (non-hydrogen) atoms. The summed E-state index contributed by atoms with van der Waals surface area (Å²) in [6, 6.07) is 19.0. The Morgan fingerprint density at radius 3 is 1.52 bits per heavy atom. The molecule has 2 rings (SSSR count). The molecule has 2 N–H and O–H groups in total. The SMILES string of the molecule is O=C(NC/C=C/COBOC/C=C/CNC(=O)OCc1ccccc1)OCc1ccccc1. The molecule has 0 aromatic heterocycles. The Morgan fingerprint density at radius 2 is 1.09 bits per heavy atom. The zero-order valence-corrected chi connectivity index (χ0v) is 18.5. The van der Waals surface area contributed by atoms with Crippen LogP contribution in [0.4, 0.5) is 9.59 Å². The van der Waals surface area contributed by atoms with Crippen LogP contribution in [-0.2, 0) is 32.0 Å². The molecule has 9 heteroatoms. The molecule has 2 amide bonds. The lowest BCUT2D eigenvalue weighted by Crippen LogP contribution is -2.24. The van der Waals surface area contributed by atoms with E-state index in [0.29, 0.717) is 26.3 Å². The van der Waals surface area contributed by atoms with Gasteiger partial charge in [-0.2, -0.15) is 0 Å². The van der Waals surface area contributed by atoms with Crippen molar-refractivity contribution in [2.45, 2.75) is 13.2 Å². The third kappa shape index (κ3) is 13.5. The van der Waals surface area contributed by atoms with E-state index in [1.54, 1.807) is 24.3 Å². The lowest BCUT2D eigenvalue weighted by molar-refractivity contribution is 0.140. The first kappa shape index (κ1) is 25.7. The van der Waals surface area contributed by atoms with Gasteiger partial charge in [0.15, 0.2) is 0 Å². The topological polar surface area (TPSA) is 95.1 Å². The zero-order chi connectivity index (χ0) is 23.4. The molecule has 0 heterocycles. The zero-order valence-electron chi connectivity index (χ0n) is 18.5. The Labute approximate surface area is 194 Å². The van der Waals surface area contributed by atoms with E-state index in [1.165, 1.54) is 0 Å². The van der Waals surface area contributed by atoms with E-state index in [2.05, 4.69) is 10.6 Å². The fourth-order valence-electron chi connectivity index (χ4n) is 2.43. The summed E-state index contributed by atoms with van der Waals surface area (Å²) in [6.45, 7) is 1.89. The molecule has 2 aromatic rings. The Morgan fingerprint density at radius 1 is 0.667 bits per heavy atom. The van der Waals surface area contributed by atoms with E-state index >= 15 is 0 Å². The van der Waals surface area contributed by atoms with Gasteiger partial charge in [-0.25, -0.2) is 9.59 Å². The Kier molecular flexibility index (Phi) is 13.3. The van der Waals surface area contributed by atoms with Gasteiger partial charge in [-0.1, -0.05) is 85.0 Å². The monoisotopic (exact) mass is 452 g/mol. The minimum atomic E-state index is -0.474. The summed E-state index contributed by atoms with van der Waals surface area (Å²) in [7, 11) is 0.133. The first-order valence-corrected chi connectivity index (χ1v) is 10.6. The molecule has 0 atom stereocenters. The molecule has 0 unspecified atom stereocenters. The average molecular weight is 452 g/mol. The van der Waals surface area contributed by atoms with E-state index in [-0.39, 0.29) is 20.9 Å². The lowest BCUT2D eigenvalue weighted by Gasteiger charge is -2.05. The predicted molar refractivity (Wildman–Crippen MR) is 127 cm³/mol. The van der Waals surface area contributed by atoms with Crippen LogP contribution < -0.4 is 10.6 Å². The molecular formula is C24H29BN2O6. The van der Waals surface area contributed by atoms with Crippen molar-refractivity contribution in [3.8, 4) is 0 Å². The largest absolute Gasteiger partial charge is 0.445 e. The van der Waals surface area contributed by atoms with Gasteiger partial charge in [-0.05, 0) is 11.1 Å². The normalized spacial score (nSPS) is 10.8. The number of carbonyl (C=O) groups excluding carboxylic acids is 2. The molecule has 0 bridgehead atoms. The molecule has 174 valence electrons. The smallest absolute Gasteiger partial charge is 0.438 e. The lowest BCUT2D eigenvalue weighted by atomic mass is 10.2. The van der Waals surface area contributed by atoms with Crippen molar-refractivity contribution in [1.29, 1.82) is 0 Å². The van der Waals surface area contributed by atoms with Gasteiger partial charge < -0.3 is 29.4 Å². The molecule has 0 saturated heterocycles. The molecule has 0 fully saturated rings. The fraction of sp³-hybridized carbons (Fsp3) is 0.250. The van der Waals surface area contributed by atoms with Crippen molar-refractivity contribution in [2.24, 2.45) is 0 Å². The van der Waals surface area contributed by atoms with E-state index in [1.807, 2.05) is 60.7 Å². The van der Waals surface area contributed by atoms with Crippen LogP contribution in [0.5, 0.6) is 0 Å². The first-order valence-electron chi connectivity index (χ1n) is 10.6. The van der Waals surface area contributed by atoms with Crippen molar-refractivity contribution in [3.63, 3.8) is 0 Å². The van der Waals surface area contributed by atoms with Gasteiger partial charge in [-0.15, -0.1) is 0 Å². The number of nitrogens with one attached hydrogen (secondary N) is 2. The van der Waals surface area contributed by atoms with E-state index in [4.69, 9.17) is 18.8 Å². The molecule has 0 aliphatic rings. The van der Waals surface area contributed by atoms with Gasteiger partial charge in [-0.3, -0.25) is 0 Å². The van der Waals surface area contributed by atoms with E-state index in [0.717, 1.165) is 11.1 Å². The van der Waals surface area contributed by atoms with Crippen LogP contribution in [-0.4, -0.2) is 46.2 Å². The summed E-state index contributed by atoms with van der Waals surface area (Å²) in [4.78, 5) is 23.1. The number of carbonyl (C=O) groups is 2. The minimum Gasteiger partial charge on any atom is -0.445 e. The van der Waals surface area contributed by atoms with Gasteiger partial charge in [0, 0.05) is 26.3 Å². The van der Waals surface area contributed by atoms with Gasteiger partial charge in [0.2, 0.25) is 0 Å². The number of ether oxygens (including phenoxy) is 2. The maximum absolute atomic E-state index is 11.6. The van der Waals surface area contributed by atoms with E-state index in [9.17, 15) is 9.59 Å². The summed E-state index contributed by atoms with van der Waals surface area (Å²) in [6.07, 6.45) is 6.15.